The van der Waals surface area contributed by atoms with Crippen LogP contribution in [0.3, 0.4) is 0 Å². The minimum atomic E-state index is -0.899. The SMILES string of the molecule is C=Cc1ccc(Oc2ccc(C3(c4ccc(Oc5ccc(C=C)cc5)cc4)c4ccccc4-c4c(-c5sc(-c6cccc7c6-c6ccccc6C7(c6ccc(Oc7ccc(C=C)cc7)cc6)c6ccc(Oc7ccc(C=C)cc7)cc6)c6nc7c8cc(-c9ccccc9Cl)ccc8c8ccc(-c9ccccc9Cl)cc8c7nc56)cccc43)cc2)cc1. The second-order valence-corrected chi connectivity index (χ2v) is 32.3. The number of thiophene rings is 1. The number of hydrogen-bond acceptors (Lipinski definition) is 7. The van der Waals surface area contributed by atoms with E-state index in [1.807, 2.05) is 158 Å². The van der Waals surface area contributed by atoms with Gasteiger partial charge in [0.15, 0.2) is 0 Å². The van der Waals surface area contributed by atoms with Gasteiger partial charge >= 0.3 is 0 Å². The number of aromatic nitrogens is 2. The first-order valence-electron chi connectivity index (χ1n) is 40.2. The molecule has 0 aliphatic heterocycles. The Labute approximate surface area is 715 Å². The van der Waals surface area contributed by atoms with Crippen LogP contribution in [0.5, 0.6) is 46.0 Å². The zero-order valence-electron chi connectivity index (χ0n) is 65.5. The van der Waals surface area contributed by atoms with Crippen molar-refractivity contribution in [2.24, 2.45) is 0 Å². The van der Waals surface area contributed by atoms with E-state index in [-0.39, 0.29) is 0 Å². The van der Waals surface area contributed by atoms with Crippen LogP contribution in [0.15, 0.2) is 390 Å². The van der Waals surface area contributed by atoms with E-state index in [0.717, 1.165) is 199 Å². The van der Waals surface area contributed by atoms with Crippen molar-refractivity contribution in [1.82, 2.24) is 9.97 Å². The van der Waals surface area contributed by atoms with Gasteiger partial charge in [0.1, 0.15) is 57.0 Å². The topological polar surface area (TPSA) is 62.7 Å². The van der Waals surface area contributed by atoms with Crippen LogP contribution >= 0.6 is 34.5 Å². The highest BCUT2D eigenvalue weighted by Crippen LogP contribution is 2.63. The van der Waals surface area contributed by atoms with Crippen LogP contribution in [-0.4, -0.2) is 9.97 Å². The van der Waals surface area contributed by atoms with Crippen LogP contribution in [0.4, 0.5) is 0 Å². The summed E-state index contributed by atoms with van der Waals surface area (Å²) in [6, 6.07) is 127. The third-order valence-electron chi connectivity index (χ3n) is 23.9. The lowest BCUT2D eigenvalue weighted by Crippen LogP contribution is -2.28. The number of halogens is 2. The number of benzene rings is 17. The van der Waals surface area contributed by atoms with E-state index in [1.165, 1.54) is 0 Å². The molecule has 2 aromatic heterocycles. The van der Waals surface area contributed by atoms with Gasteiger partial charge in [-0.3, -0.25) is 0 Å². The van der Waals surface area contributed by atoms with Crippen molar-refractivity contribution in [3.05, 3.63) is 467 Å². The van der Waals surface area contributed by atoms with Gasteiger partial charge in [-0.05, 0) is 232 Å². The molecule has 0 bridgehead atoms. The predicted octanol–water partition coefficient (Wildman–Crippen LogP) is 31.6. The summed E-state index contributed by atoms with van der Waals surface area (Å²) in [5.74, 6) is 5.71. The monoisotopic (exact) mass is 1610 g/mol. The molecule has 2 aliphatic rings. The van der Waals surface area contributed by atoms with Crippen LogP contribution in [-0.2, 0) is 10.8 Å². The Balaban J connectivity index is 0.830. The van der Waals surface area contributed by atoms with E-state index < -0.39 is 10.8 Å². The maximum atomic E-state index is 7.18. The molecule has 0 saturated carbocycles. The average molecular weight is 1610 g/mol. The summed E-state index contributed by atoms with van der Waals surface area (Å²) in [6.07, 6.45) is 7.34. The van der Waals surface area contributed by atoms with Crippen molar-refractivity contribution in [3.8, 4) is 111 Å². The lowest BCUT2D eigenvalue weighted by molar-refractivity contribution is 0.481. The van der Waals surface area contributed by atoms with Crippen LogP contribution < -0.4 is 18.9 Å². The molecule has 0 N–H and O–H groups in total. The maximum absolute atomic E-state index is 7.18. The van der Waals surface area contributed by atoms with E-state index in [0.29, 0.717) is 33.0 Å². The smallest absolute Gasteiger partial charge is 0.127 e. The fourth-order valence-corrected chi connectivity index (χ4v) is 20.0. The average Bonchev–Trinajstić information content (AvgIpc) is 1.53. The largest absolute Gasteiger partial charge is 0.457 e. The highest BCUT2D eigenvalue weighted by atomic mass is 35.5. The Hall–Kier alpha value is -14.7. The molecule has 21 rings (SSSR count). The number of nitrogens with zero attached hydrogens (tertiary/aromatic N) is 2. The molecule has 2 aliphatic carbocycles. The molecule has 0 atom stereocenters. The molecule has 0 radical (unpaired) electrons. The fourth-order valence-electron chi connectivity index (χ4n) is 18.3. The van der Waals surface area contributed by atoms with Gasteiger partial charge in [0.25, 0.3) is 0 Å². The summed E-state index contributed by atoms with van der Waals surface area (Å²) in [5.41, 5.74) is 24.0. The van der Waals surface area contributed by atoms with Crippen LogP contribution in [0.2, 0.25) is 10.0 Å². The third-order valence-corrected chi connectivity index (χ3v) is 25.8. The molecule has 9 heteroatoms. The number of hydrogen-bond donors (Lipinski definition) is 0. The van der Waals surface area contributed by atoms with Crippen molar-refractivity contribution in [2.45, 2.75) is 10.8 Å². The van der Waals surface area contributed by atoms with Crippen LogP contribution in [0.25, 0.3) is 133 Å². The first-order valence-corrected chi connectivity index (χ1v) is 41.8. The summed E-state index contributed by atoms with van der Waals surface area (Å²) < 4.78 is 26.5. The number of fused-ring (bicyclic) bond motifs is 13. The van der Waals surface area contributed by atoms with Gasteiger partial charge in [-0.15, -0.1) is 11.3 Å². The van der Waals surface area contributed by atoms with E-state index in [4.69, 9.17) is 52.1 Å². The third kappa shape index (κ3) is 12.5. The van der Waals surface area contributed by atoms with Gasteiger partial charge in [0.05, 0.1) is 31.6 Å². The standard InChI is InChI=1S/C112H72Cl2N2O4S/c1-5-69-31-49-79(50-32-69)117-83-57-41-75(42-58-83)111(76-43-59-84(60-44-76)118-80-51-33-70(6-2)34-52-80)97-25-13-9-21-91(97)103-93(23-17-27-99(103)111)109-107-108(116-106-96-68-74(88-20-12-16-30-102(88)114)40-66-90(96)89-65-39-73(67-95(89)105(106)115-107)87-19-11-15-29-101(87)113)110(121-109)94-24-18-28-100-104(94)92-22-10-14-26-98(92)112(100,77-45-61-85(62-46-77)119-81-53-35-71(7-3)36-54-81)78-47-63-86(64-48-78)120-82-55-37-72(8-4)38-56-82/h5-68H,1-4H2. The molecule has 17 aromatic carbocycles. The molecule has 0 amide bonds. The quantitative estimate of drug-likeness (QED) is 0.0709. The van der Waals surface area contributed by atoms with E-state index in [1.54, 1.807) is 11.3 Å². The van der Waals surface area contributed by atoms with Crippen molar-refractivity contribution in [3.63, 3.8) is 0 Å². The zero-order valence-corrected chi connectivity index (χ0v) is 67.8. The van der Waals surface area contributed by atoms with Gasteiger partial charge in [0.2, 0.25) is 0 Å². The molecule has 2 heterocycles. The van der Waals surface area contributed by atoms with Gasteiger partial charge in [-0.25, -0.2) is 9.97 Å². The predicted molar refractivity (Wildman–Crippen MR) is 503 cm³/mol. The molecule has 574 valence electrons. The van der Waals surface area contributed by atoms with Gasteiger partial charge in [0, 0.05) is 43.1 Å². The lowest BCUT2D eigenvalue weighted by atomic mass is 9.67. The minimum absolute atomic E-state index is 0.650. The van der Waals surface area contributed by atoms with Crippen LogP contribution in [0.1, 0.15) is 66.8 Å². The van der Waals surface area contributed by atoms with Crippen molar-refractivity contribution >= 4 is 102 Å². The fraction of sp³-hybridized carbons (Fsp3) is 0.0179. The van der Waals surface area contributed by atoms with Gasteiger partial charge in [-0.1, -0.05) is 316 Å². The minimum Gasteiger partial charge on any atom is -0.457 e. The molecule has 6 nitrogen and oxygen atoms in total. The number of ether oxygens (including phenoxy) is 4. The summed E-state index contributed by atoms with van der Waals surface area (Å²) in [5, 5.41) is 5.22. The summed E-state index contributed by atoms with van der Waals surface area (Å²) >= 11 is 16.1. The van der Waals surface area contributed by atoms with Crippen molar-refractivity contribution in [1.29, 1.82) is 0 Å². The Morgan fingerprint density at radius 2 is 0.512 bits per heavy atom. The maximum Gasteiger partial charge on any atom is 0.127 e. The molecular formula is C112H72Cl2N2O4S. The summed E-state index contributed by atoms with van der Waals surface area (Å²) in [7, 11) is 0. The normalized spacial score (nSPS) is 12.6. The Morgan fingerprint density at radius 3 is 0.810 bits per heavy atom. The summed E-state index contributed by atoms with van der Waals surface area (Å²) in [6.45, 7) is 15.9. The first-order chi connectivity index (χ1) is 59.5. The highest BCUT2D eigenvalue weighted by molar-refractivity contribution is 7.21. The van der Waals surface area contributed by atoms with Gasteiger partial charge < -0.3 is 18.9 Å². The van der Waals surface area contributed by atoms with E-state index in [2.05, 4.69) is 257 Å². The van der Waals surface area contributed by atoms with E-state index >= 15 is 0 Å². The second-order valence-electron chi connectivity index (χ2n) is 30.5. The summed E-state index contributed by atoms with van der Waals surface area (Å²) in [4.78, 5) is 14.5. The van der Waals surface area contributed by atoms with Crippen molar-refractivity contribution < 1.29 is 18.9 Å². The van der Waals surface area contributed by atoms with Crippen LogP contribution in [0, 0.1) is 0 Å². The second kappa shape index (κ2) is 30.3. The van der Waals surface area contributed by atoms with Gasteiger partial charge in [-0.2, -0.15) is 0 Å². The highest BCUT2D eigenvalue weighted by Gasteiger charge is 2.50. The Bertz CT molecular complexity index is 6750. The molecule has 121 heavy (non-hydrogen) atoms. The lowest BCUT2D eigenvalue weighted by Gasteiger charge is -2.34. The molecule has 0 spiro atoms. The van der Waals surface area contributed by atoms with E-state index in [9.17, 15) is 0 Å². The molecule has 0 saturated heterocycles. The van der Waals surface area contributed by atoms with Crippen molar-refractivity contribution in [2.75, 3.05) is 0 Å². The molecule has 0 unspecified atom stereocenters. The molecule has 19 aromatic rings. The number of rotatable bonds is 20. The molecule has 0 fully saturated rings. The Kier molecular flexibility index (Phi) is 18.5. The Morgan fingerprint density at radius 1 is 0.248 bits per heavy atom. The zero-order chi connectivity index (χ0) is 81.5. The molecular weight excluding hydrogens is 1540 g/mol. The first kappa shape index (κ1) is 73.9.